The van der Waals surface area contributed by atoms with Crippen molar-refractivity contribution in [2.24, 2.45) is 0 Å². The average molecular weight is 483 g/mol. The number of piperidine rings is 1. The molecule has 1 saturated heterocycles. The lowest BCUT2D eigenvalue weighted by Gasteiger charge is -2.31. The van der Waals surface area contributed by atoms with Crippen LogP contribution in [-0.2, 0) is 17.6 Å². The highest BCUT2D eigenvalue weighted by atomic mass is 16.5. The number of nitrogen functional groups attached to an aromatic ring is 1. The first-order chi connectivity index (χ1) is 17.6. The monoisotopic (exact) mass is 482 g/mol. The number of nitrogens with one attached hydrogen (secondary N) is 1. The first-order valence-corrected chi connectivity index (χ1v) is 12.5. The molecule has 8 heteroatoms. The maximum Gasteiger partial charge on any atom is 0.226 e. The lowest BCUT2D eigenvalue weighted by atomic mass is 9.95. The van der Waals surface area contributed by atoms with Gasteiger partial charge in [0.15, 0.2) is 0 Å². The number of para-hydroxylation sites is 1. The van der Waals surface area contributed by atoms with Gasteiger partial charge in [0.05, 0.1) is 25.3 Å². The molecule has 2 aliphatic heterocycles. The molecule has 6 rings (SSSR count). The summed E-state index contributed by atoms with van der Waals surface area (Å²) < 4.78 is 7.41. The van der Waals surface area contributed by atoms with E-state index in [1.807, 2.05) is 41.4 Å². The smallest absolute Gasteiger partial charge is 0.226 e. The van der Waals surface area contributed by atoms with Crippen molar-refractivity contribution in [1.82, 2.24) is 19.3 Å². The Morgan fingerprint density at radius 3 is 2.81 bits per heavy atom. The van der Waals surface area contributed by atoms with Crippen LogP contribution in [0.15, 0.2) is 60.9 Å². The van der Waals surface area contributed by atoms with E-state index >= 15 is 0 Å². The molecule has 1 unspecified atom stereocenters. The Labute approximate surface area is 210 Å². The Hall–Kier alpha value is -4.07. The number of anilines is 2. The number of amides is 1. The lowest BCUT2D eigenvalue weighted by Crippen LogP contribution is -2.39. The largest absolute Gasteiger partial charge is 0.497 e. The van der Waals surface area contributed by atoms with Crippen molar-refractivity contribution in [3.8, 4) is 5.75 Å². The number of imidazole rings is 1. The fourth-order valence-corrected chi connectivity index (χ4v) is 5.56. The van der Waals surface area contributed by atoms with Gasteiger partial charge in [-0.3, -0.25) is 9.20 Å². The third kappa shape index (κ3) is 4.02. The number of aromatic nitrogens is 3. The van der Waals surface area contributed by atoms with Crippen molar-refractivity contribution in [1.29, 1.82) is 0 Å². The number of nitrogens with zero attached hydrogens (tertiary/aromatic N) is 4. The highest BCUT2D eigenvalue weighted by Crippen LogP contribution is 2.38. The Morgan fingerprint density at radius 2 is 2.00 bits per heavy atom. The van der Waals surface area contributed by atoms with Crippen LogP contribution in [0.25, 0.3) is 5.52 Å². The lowest BCUT2D eigenvalue weighted by molar-refractivity contribution is -0.131. The summed E-state index contributed by atoms with van der Waals surface area (Å²) in [5.74, 6) is 2.67. The van der Waals surface area contributed by atoms with E-state index < -0.39 is 0 Å². The fraction of sp³-hybridized carbons (Fsp3) is 0.321. The number of benzene rings is 2. The van der Waals surface area contributed by atoms with E-state index in [0.29, 0.717) is 25.3 Å². The molecule has 184 valence electrons. The number of ether oxygens (including phenoxy) is 1. The number of hydrogen-bond acceptors (Lipinski definition) is 6. The van der Waals surface area contributed by atoms with E-state index in [9.17, 15) is 4.79 Å². The first kappa shape index (κ1) is 22.4. The van der Waals surface area contributed by atoms with E-state index in [2.05, 4.69) is 32.9 Å². The SMILES string of the molecule is COc1cccc(CC(=O)N2CCC(c3nc(C4Cc5ccccc5N4)c4c(N)nccn34)CC2)c1. The van der Waals surface area contributed by atoms with Gasteiger partial charge in [0, 0.05) is 43.5 Å². The topological polar surface area (TPSA) is 97.8 Å². The molecule has 0 aliphatic carbocycles. The first-order valence-electron chi connectivity index (χ1n) is 12.5. The minimum absolute atomic E-state index is 0.0576. The van der Waals surface area contributed by atoms with Gasteiger partial charge in [0.2, 0.25) is 5.91 Å². The molecule has 2 aromatic carbocycles. The van der Waals surface area contributed by atoms with Crippen molar-refractivity contribution in [3.05, 3.63) is 83.6 Å². The molecule has 0 saturated carbocycles. The Balaban J connectivity index is 1.20. The van der Waals surface area contributed by atoms with Crippen molar-refractivity contribution in [3.63, 3.8) is 0 Å². The fourth-order valence-electron chi connectivity index (χ4n) is 5.56. The summed E-state index contributed by atoms with van der Waals surface area (Å²) >= 11 is 0. The Bertz CT molecular complexity index is 1400. The third-order valence-corrected chi connectivity index (χ3v) is 7.44. The normalized spacial score (nSPS) is 17.7. The number of likely N-dealkylation sites (tertiary alicyclic amines) is 1. The Kier molecular flexibility index (Phi) is 5.71. The zero-order valence-corrected chi connectivity index (χ0v) is 20.4. The minimum Gasteiger partial charge on any atom is -0.497 e. The number of carbonyl (C=O) groups excluding carboxylic acids is 1. The van der Waals surface area contributed by atoms with Gasteiger partial charge < -0.3 is 20.7 Å². The molecule has 36 heavy (non-hydrogen) atoms. The van der Waals surface area contributed by atoms with E-state index in [1.165, 1.54) is 5.56 Å². The molecule has 4 aromatic rings. The predicted molar refractivity (Wildman–Crippen MR) is 139 cm³/mol. The van der Waals surface area contributed by atoms with Gasteiger partial charge >= 0.3 is 0 Å². The van der Waals surface area contributed by atoms with Gasteiger partial charge in [-0.1, -0.05) is 30.3 Å². The number of methoxy groups -OCH3 is 1. The molecule has 0 radical (unpaired) electrons. The molecular weight excluding hydrogens is 452 g/mol. The van der Waals surface area contributed by atoms with E-state index in [4.69, 9.17) is 15.5 Å². The van der Waals surface area contributed by atoms with Crippen LogP contribution in [0.2, 0.25) is 0 Å². The summed E-state index contributed by atoms with van der Waals surface area (Å²) in [6.07, 6.45) is 6.68. The number of fused-ring (bicyclic) bond motifs is 2. The molecule has 2 aromatic heterocycles. The van der Waals surface area contributed by atoms with Crippen LogP contribution >= 0.6 is 0 Å². The van der Waals surface area contributed by atoms with Crippen LogP contribution in [0.5, 0.6) is 5.75 Å². The summed E-state index contributed by atoms with van der Waals surface area (Å²) in [6, 6.07) is 16.1. The molecular formula is C28H30N6O2. The second kappa shape index (κ2) is 9.18. The van der Waals surface area contributed by atoms with Crippen LogP contribution in [0, 0.1) is 0 Å². The molecule has 0 bridgehead atoms. The molecule has 1 fully saturated rings. The minimum atomic E-state index is 0.0576. The predicted octanol–water partition coefficient (Wildman–Crippen LogP) is 3.98. The molecule has 1 atom stereocenters. The Morgan fingerprint density at radius 1 is 1.17 bits per heavy atom. The molecule has 4 heterocycles. The second-order valence-corrected chi connectivity index (χ2v) is 9.63. The van der Waals surface area contributed by atoms with E-state index in [1.54, 1.807) is 13.3 Å². The number of rotatable bonds is 5. The van der Waals surface area contributed by atoms with Crippen molar-refractivity contribution in [2.45, 2.75) is 37.6 Å². The quantitative estimate of drug-likeness (QED) is 0.447. The maximum atomic E-state index is 13.0. The zero-order valence-electron chi connectivity index (χ0n) is 20.4. The third-order valence-electron chi connectivity index (χ3n) is 7.44. The van der Waals surface area contributed by atoms with Gasteiger partial charge in [0.25, 0.3) is 0 Å². The van der Waals surface area contributed by atoms with Crippen LogP contribution in [-0.4, -0.2) is 45.4 Å². The number of hydrogen-bond donors (Lipinski definition) is 2. The highest BCUT2D eigenvalue weighted by molar-refractivity contribution is 5.79. The molecule has 2 aliphatic rings. The van der Waals surface area contributed by atoms with Crippen LogP contribution < -0.4 is 15.8 Å². The van der Waals surface area contributed by atoms with Crippen molar-refractivity contribution in [2.75, 3.05) is 31.2 Å². The van der Waals surface area contributed by atoms with Crippen LogP contribution in [0.1, 0.15) is 47.4 Å². The van der Waals surface area contributed by atoms with E-state index in [0.717, 1.165) is 53.3 Å². The summed E-state index contributed by atoms with van der Waals surface area (Å²) in [4.78, 5) is 24.5. The van der Waals surface area contributed by atoms with Gasteiger partial charge in [0.1, 0.15) is 22.9 Å². The maximum absolute atomic E-state index is 13.0. The number of carbonyl (C=O) groups is 1. The van der Waals surface area contributed by atoms with Crippen molar-refractivity contribution < 1.29 is 9.53 Å². The van der Waals surface area contributed by atoms with Gasteiger partial charge in [-0.2, -0.15) is 0 Å². The molecule has 1 amide bonds. The van der Waals surface area contributed by atoms with Gasteiger partial charge in [-0.25, -0.2) is 9.97 Å². The van der Waals surface area contributed by atoms with E-state index in [-0.39, 0.29) is 17.9 Å². The highest BCUT2D eigenvalue weighted by Gasteiger charge is 2.32. The number of nitrogens with two attached hydrogens (primary N) is 1. The molecule has 0 spiro atoms. The van der Waals surface area contributed by atoms with Crippen LogP contribution in [0.3, 0.4) is 0 Å². The average Bonchev–Trinajstić information content (AvgIpc) is 3.51. The van der Waals surface area contributed by atoms with Crippen LogP contribution in [0.4, 0.5) is 11.5 Å². The zero-order chi connectivity index (χ0) is 24.6. The summed E-state index contributed by atoms with van der Waals surface area (Å²) in [5, 5.41) is 3.62. The van der Waals surface area contributed by atoms with Gasteiger partial charge in [-0.15, -0.1) is 0 Å². The summed E-state index contributed by atoms with van der Waals surface area (Å²) in [6.45, 7) is 1.43. The van der Waals surface area contributed by atoms with Gasteiger partial charge in [-0.05, 0) is 42.2 Å². The second-order valence-electron chi connectivity index (χ2n) is 9.63. The molecule has 8 nitrogen and oxygen atoms in total. The van der Waals surface area contributed by atoms with Crippen molar-refractivity contribution >= 4 is 22.9 Å². The summed E-state index contributed by atoms with van der Waals surface area (Å²) in [5.41, 5.74) is 11.6. The molecule has 3 N–H and O–H groups in total. The summed E-state index contributed by atoms with van der Waals surface area (Å²) in [7, 11) is 1.64. The standard InChI is InChI=1S/C28H30N6O2/c1-36-21-7-4-5-18(15-21)16-24(35)33-12-9-19(10-13-33)28-32-25(26-27(29)30-11-14-34(26)28)23-17-20-6-2-3-8-22(20)31-23/h2-8,11,14-15,19,23,31H,9-10,12-13,16-17H2,1H3,(H2,29,30).